The van der Waals surface area contributed by atoms with Gasteiger partial charge in [-0.3, -0.25) is 9.78 Å². The average molecular weight is 557 g/mol. The van der Waals surface area contributed by atoms with Gasteiger partial charge in [-0.1, -0.05) is 35.5 Å². The maximum absolute atomic E-state index is 13.6. The lowest BCUT2D eigenvalue weighted by atomic mass is 9.86. The van der Waals surface area contributed by atoms with Gasteiger partial charge in [-0.15, -0.1) is 5.10 Å². The van der Waals surface area contributed by atoms with Gasteiger partial charge in [-0.25, -0.2) is 13.5 Å². The summed E-state index contributed by atoms with van der Waals surface area (Å²) in [6, 6.07) is 17.9. The van der Waals surface area contributed by atoms with Crippen LogP contribution in [0.15, 0.2) is 60.8 Å². The monoisotopic (exact) mass is 556 g/mol. The number of pyridine rings is 1. The zero-order valence-electron chi connectivity index (χ0n) is 22.9. The van der Waals surface area contributed by atoms with Crippen molar-refractivity contribution in [2.45, 2.75) is 31.7 Å². The van der Waals surface area contributed by atoms with E-state index >= 15 is 0 Å². The molecule has 2 saturated heterocycles. The van der Waals surface area contributed by atoms with E-state index in [1.54, 1.807) is 10.7 Å². The van der Waals surface area contributed by atoms with E-state index in [2.05, 4.69) is 33.1 Å². The highest BCUT2D eigenvalue weighted by molar-refractivity contribution is 6.09. The zero-order chi connectivity index (χ0) is 28.3. The molecule has 0 spiro atoms. The van der Waals surface area contributed by atoms with Crippen molar-refractivity contribution < 1.29 is 18.3 Å². The number of carbonyl (C=O) groups excluding carboxylic acids is 1. The Morgan fingerprint density at radius 1 is 1.05 bits per heavy atom. The number of aromatic nitrogens is 5. The van der Waals surface area contributed by atoms with Crippen LogP contribution in [0.5, 0.6) is 0 Å². The minimum absolute atomic E-state index is 0.0541. The summed E-state index contributed by atoms with van der Waals surface area (Å²) in [5.41, 5.74) is 6.72. The number of hydrogen-bond donors (Lipinski definition) is 0. The number of carbonyl (C=O) groups is 1. The molecule has 2 fully saturated rings. The molecule has 1 atom stereocenters. The molecule has 7 rings (SSSR count). The second-order valence-corrected chi connectivity index (χ2v) is 11.2. The Morgan fingerprint density at radius 3 is 2.49 bits per heavy atom. The van der Waals surface area contributed by atoms with Crippen LogP contribution in [-0.4, -0.2) is 67.6 Å². The number of hydrogen-bond acceptors (Lipinski definition) is 5. The predicted octanol–water partition coefficient (Wildman–Crippen LogP) is 5.40. The minimum atomic E-state index is -2.82. The summed E-state index contributed by atoms with van der Waals surface area (Å²) in [5, 5.41) is 9.33. The van der Waals surface area contributed by atoms with Crippen LogP contribution in [0.2, 0.25) is 0 Å². The van der Waals surface area contributed by atoms with E-state index in [0.717, 1.165) is 57.3 Å². The topological polar surface area (TPSA) is 78.1 Å². The van der Waals surface area contributed by atoms with Crippen molar-refractivity contribution in [3.63, 3.8) is 0 Å². The third-order valence-electron chi connectivity index (χ3n) is 8.42. The van der Waals surface area contributed by atoms with E-state index in [-0.39, 0.29) is 17.9 Å². The standard InChI is InChI=1S/C31H30F2N6O2/c1-19-28(37(2)36-35-19)23-15-26-27(34-16-23)24-9-8-22(30(40)38-17-31(32,33)18-38)14-25(24)39(26)29(20-6-4-3-5-7-20)21-10-12-41-13-11-21/h3-9,14-16,21,29H,10-13,17-18H2,1-2H3. The fourth-order valence-electron chi connectivity index (χ4n) is 6.48. The van der Waals surface area contributed by atoms with Crippen molar-refractivity contribution in [1.82, 2.24) is 29.4 Å². The Bertz CT molecular complexity index is 1750. The molecule has 10 heteroatoms. The van der Waals surface area contributed by atoms with Crippen molar-refractivity contribution in [2.24, 2.45) is 13.0 Å². The van der Waals surface area contributed by atoms with Crippen LogP contribution in [0.1, 0.15) is 40.5 Å². The minimum Gasteiger partial charge on any atom is -0.381 e. The van der Waals surface area contributed by atoms with Gasteiger partial charge in [-0.05, 0) is 55.5 Å². The van der Waals surface area contributed by atoms with E-state index in [1.807, 2.05) is 50.5 Å². The number of alkyl halides is 2. The predicted molar refractivity (Wildman–Crippen MR) is 151 cm³/mol. The van der Waals surface area contributed by atoms with Gasteiger partial charge in [0.15, 0.2) is 0 Å². The molecule has 1 unspecified atom stereocenters. The molecule has 3 aromatic heterocycles. The first-order chi connectivity index (χ1) is 19.8. The van der Waals surface area contributed by atoms with Gasteiger partial charge in [0.25, 0.3) is 11.8 Å². The van der Waals surface area contributed by atoms with Crippen molar-refractivity contribution in [2.75, 3.05) is 26.3 Å². The van der Waals surface area contributed by atoms with E-state index in [9.17, 15) is 13.6 Å². The van der Waals surface area contributed by atoms with Gasteiger partial charge in [0.05, 0.1) is 47.1 Å². The summed E-state index contributed by atoms with van der Waals surface area (Å²) in [4.78, 5) is 19.4. The molecule has 41 heavy (non-hydrogen) atoms. The lowest BCUT2D eigenvalue weighted by molar-refractivity contribution is -0.113. The molecule has 1 amide bonds. The highest BCUT2D eigenvalue weighted by atomic mass is 19.3. The van der Waals surface area contributed by atoms with Crippen LogP contribution in [0.25, 0.3) is 33.2 Å². The SMILES string of the molecule is Cc1nnn(C)c1-c1cnc2c3ccc(C(=O)N4CC(F)(F)C4)cc3n(C(c3ccccc3)C3CCOCC3)c2c1. The number of rotatable bonds is 5. The Labute approximate surface area is 235 Å². The normalized spacial score (nSPS) is 18.1. The van der Waals surface area contributed by atoms with Crippen LogP contribution >= 0.6 is 0 Å². The number of amides is 1. The highest BCUT2D eigenvalue weighted by Crippen LogP contribution is 2.41. The molecule has 0 saturated carbocycles. The summed E-state index contributed by atoms with van der Waals surface area (Å²) in [6.45, 7) is 2.19. The van der Waals surface area contributed by atoms with Crippen molar-refractivity contribution in [3.8, 4) is 11.3 Å². The van der Waals surface area contributed by atoms with Gasteiger partial charge in [0, 0.05) is 43.0 Å². The number of fused-ring (bicyclic) bond motifs is 3. The van der Waals surface area contributed by atoms with E-state index in [1.165, 1.54) is 4.90 Å². The zero-order valence-corrected chi connectivity index (χ0v) is 22.9. The van der Waals surface area contributed by atoms with Gasteiger partial charge in [-0.2, -0.15) is 0 Å². The molecule has 0 bridgehead atoms. The number of likely N-dealkylation sites (tertiary alicyclic amines) is 1. The van der Waals surface area contributed by atoms with Crippen molar-refractivity contribution >= 4 is 27.8 Å². The fraction of sp³-hybridized carbons (Fsp3) is 0.355. The highest BCUT2D eigenvalue weighted by Gasteiger charge is 2.46. The molecule has 8 nitrogen and oxygen atoms in total. The van der Waals surface area contributed by atoms with Crippen LogP contribution in [-0.2, 0) is 11.8 Å². The molecule has 5 heterocycles. The molecule has 0 radical (unpaired) electrons. The quantitative estimate of drug-likeness (QED) is 0.290. The maximum atomic E-state index is 13.6. The van der Waals surface area contributed by atoms with Crippen molar-refractivity contribution in [1.29, 1.82) is 0 Å². The third kappa shape index (κ3) is 4.37. The summed E-state index contributed by atoms with van der Waals surface area (Å²) < 4.78 is 37.0. The molecule has 2 aliphatic heterocycles. The van der Waals surface area contributed by atoms with Gasteiger partial charge >= 0.3 is 0 Å². The smallest absolute Gasteiger partial charge is 0.282 e. The third-order valence-corrected chi connectivity index (χ3v) is 8.42. The molecule has 5 aromatic rings. The molecular formula is C31H30F2N6O2. The Morgan fingerprint density at radius 2 is 1.80 bits per heavy atom. The number of ether oxygens (including phenoxy) is 1. The van der Waals surface area contributed by atoms with Gasteiger partial charge in [0.1, 0.15) is 0 Å². The van der Waals surface area contributed by atoms with Gasteiger partial charge < -0.3 is 14.2 Å². The number of halogens is 2. The molecule has 210 valence electrons. The van der Waals surface area contributed by atoms with E-state index in [4.69, 9.17) is 9.72 Å². The van der Waals surface area contributed by atoms with Crippen LogP contribution < -0.4 is 0 Å². The Hall–Kier alpha value is -4.18. The molecule has 2 aromatic carbocycles. The van der Waals surface area contributed by atoms with Crippen LogP contribution in [0.3, 0.4) is 0 Å². The first-order valence-electron chi connectivity index (χ1n) is 13.9. The summed E-state index contributed by atoms with van der Waals surface area (Å²) >= 11 is 0. The summed E-state index contributed by atoms with van der Waals surface area (Å²) in [5.74, 6) is -2.93. The largest absolute Gasteiger partial charge is 0.381 e. The van der Waals surface area contributed by atoms with Gasteiger partial charge in [0.2, 0.25) is 0 Å². The first kappa shape index (κ1) is 25.8. The number of benzene rings is 2. The lowest BCUT2D eigenvalue weighted by Gasteiger charge is -2.38. The molecular weight excluding hydrogens is 526 g/mol. The maximum Gasteiger partial charge on any atom is 0.282 e. The molecule has 2 aliphatic rings. The first-order valence-corrected chi connectivity index (χ1v) is 13.9. The summed E-state index contributed by atoms with van der Waals surface area (Å²) in [7, 11) is 1.86. The Kier molecular flexibility index (Phi) is 6.11. The van der Waals surface area contributed by atoms with Crippen molar-refractivity contribution in [3.05, 3.63) is 77.6 Å². The summed E-state index contributed by atoms with van der Waals surface area (Å²) in [6.07, 6.45) is 3.62. The number of nitrogens with zero attached hydrogens (tertiary/aromatic N) is 6. The average Bonchev–Trinajstić information content (AvgIpc) is 3.47. The van der Waals surface area contributed by atoms with Crippen LogP contribution in [0, 0.1) is 12.8 Å². The van der Waals surface area contributed by atoms with E-state index < -0.39 is 19.0 Å². The van der Waals surface area contributed by atoms with Crippen LogP contribution in [0.4, 0.5) is 8.78 Å². The fourth-order valence-corrected chi connectivity index (χ4v) is 6.48. The Balaban J connectivity index is 1.48. The second kappa shape index (κ2) is 9.73. The number of aryl methyl sites for hydroxylation is 2. The second-order valence-electron chi connectivity index (χ2n) is 11.2. The van der Waals surface area contributed by atoms with E-state index in [0.29, 0.717) is 18.8 Å². The molecule has 0 N–H and O–H groups in total. The molecule has 0 aliphatic carbocycles. The lowest BCUT2D eigenvalue weighted by Crippen LogP contribution is -2.58.